The first-order valence-electron chi connectivity index (χ1n) is 8.56. The first kappa shape index (κ1) is 20.1. The van der Waals surface area contributed by atoms with Crippen LogP contribution in [-0.4, -0.2) is 34.5 Å². The molecule has 0 unspecified atom stereocenters. The smallest absolute Gasteiger partial charge is 0.379 e. The maximum absolute atomic E-state index is 12.9. The third-order valence-corrected chi connectivity index (χ3v) is 4.93. The number of hydrogen-bond acceptors (Lipinski definition) is 6. The van der Waals surface area contributed by atoms with Crippen molar-refractivity contribution < 1.29 is 18.1 Å². The van der Waals surface area contributed by atoms with E-state index < -0.39 is 27.4 Å². The van der Waals surface area contributed by atoms with E-state index in [0.29, 0.717) is 18.6 Å². The van der Waals surface area contributed by atoms with Crippen LogP contribution in [0.3, 0.4) is 0 Å². The van der Waals surface area contributed by atoms with E-state index in [0.717, 1.165) is 32.0 Å². The van der Waals surface area contributed by atoms with Crippen LogP contribution in [0.25, 0.3) is 0 Å². The summed E-state index contributed by atoms with van der Waals surface area (Å²) >= 11 is 5.70. The summed E-state index contributed by atoms with van der Waals surface area (Å²) in [5, 5.41) is 13.5. The van der Waals surface area contributed by atoms with Gasteiger partial charge in [-0.1, -0.05) is 11.6 Å². The molecule has 0 aliphatic carbocycles. The van der Waals surface area contributed by atoms with E-state index in [1.807, 2.05) is 4.90 Å². The summed E-state index contributed by atoms with van der Waals surface area (Å²) in [5.74, 6) is 0.861. The summed E-state index contributed by atoms with van der Waals surface area (Å²) in [6.07, 6.45) is 0.181. The van der Waals surface area contributed by atoms with E-state index in [1.165, 1.54) is 0 Å². The molecule has 7 nitrogen and oxygen atoms in total. The molecular formula is C17H17ClF3N5O2. The number of nitro benzene ring substituents is 1. The summed E-state index contributed by atoms with van der Waals surface area (Å²) in [5.41, 5.74) is -1.88. The molecule has 0 amide bonds. The zero-order valence-corrected chi connectivity index (χ0v) is 15.4. The monoisotopic (exact) mass is 415 g/mol. The van der Waals surface area contributed by atoms with Crippen molar-refractivity contribution in [2.75, 3.05) is 29.9 Å². The van der Waals surface area contributed by atoms with Crippen LogP contribution in [0.1, 0.15) is 18.4 Å². The van der Waals surface area contributed by atoms with Crippen LogP contribution in [-0.2, 0) is 6.18 Å². The minimum atomic E-state index is -4.76. The van der Waals surface area contributed by atoms with E-state index in [4.69, 9.17) is 11.6 Å². The van der Waals surface area contributed by atoms with Crippen molar-refractivity contribution >= 4 is 28.9 Å². The third kappa shape index (κ3) is 4.61. The van der Waals surface area contributed by atoms with Gasteiger partial charge in [0.25, 0.3) is 5.69 Å². The van der Waals surface area contributed by atoms with Crippen LogP contribution in [0.2, 0.25) is 5.02 Å². The lowest BCUT2D eigenvalue weighted by Gasteiger charge is -2.32. The molecule has 1 saturated heterocycles. The Bertz CT molecular complexity index is 843. The maximum atomic E-state index is 12.9. The van der Waals surface area contributed by atoms with Gasteiger partial charge in [0.2, 0.25) is 5.95 Å². The van der Waals surface area contributed by atoms with Gasteiger partial charge in [0.05, 0.1) is 15.5 Å². The molecule has 1 aromatic carbocycles. The second kappa shape index (κ2) is 8.17. The Labute approximate surface area is 163 Å². The molecule has 28 heavy (non-hydrogen) atoms. The fraction of sp³-hybridized carbons (Fsp3) is 0.412. The van der Waals surface area contributed by atoms with Gasteiger partial charge in [-0.15, -0.1) is 0 Å². The number of nitrogens with zero attached hydrogens (tertiary/aromatic N) is 4. The Kier molecular flexibility index (Phi) is 5.87. The molecule has 1 fully saturated rings. The number of halogens is 4. The van der Waals surface area contributed by atoms with Crippen molar-refractivity contribution in [3.05, 3.63) is 51.3 Å². The number of benzene rings is 1. The Morgan fingerprint density at radius 2 is 1.89 bits per heavy atom. The van der Waals surface area contributed by atoms with E-state index >= 15 is 0 Å². The van der Waals surface area contributed by atoms with Crippen LogP contribution in [0.15, 0.2) is 30.6 Å². The normalized spacial score (nSPS) is 15.5. The SMILES string of the molecule is O=[N+]([O-])c1cc(C(F)(F)F)c(Cl)cc1NCC1CCN(c2ncccn2)CC1. The predicted molar refractivity (Wildman–Crippen MR) is 98.6 cm³/mol. The molecule has 1 aromatic heterocycles. The zero-order chi connectivity index (χ0) is 20.3. The van der Waals surface area contributed by atoms with Gasteiger partial charge < -0.3 is 10.2 Å². The fourth-order valence-corrected chi connectivity index (χ4v) is 3.39. The third-order valence-electron chi connectivity index (χ3n) is 4.62. The van der Waals surface area contributed by atoms with Crippen LogP contribution in [0.4, 0.5) is 30.5 Å². The Morgan fingerprint density at radius 1 is 1.25 bits per heavy atom. The first-order valence-corrected chi connectivity index (χ1v) is 8.94. The van der Waals surface area contributed by atoms with Gasteiger partial charge >= 0.3 is 6.18 Å². The van der Waals surface area contributed by atoms with Gasteiger partial charge in [-0.25, -0.2) is 9.97 Å². The molecule has 2 aromatic rings. The number of alkyl halides is 3. The van der Waals surface area contributed by atoms with Gasteiger partial charge in [-0.3, -0.25) is 10.1 Å². The summed E-state index contributed by atoms with van der Waals surface area (Å²) in [6, 6.07) is 3.18. The standard InChI is InChI=1S/C17H17ClF3N5O2/c18-13-9-14(15(26(27)28)8-12(13)17(19,20)21)24-10-11-2-6-25(7-3-11)16-22-4-1-5-23-16/h1,4-5,8-9,11,24H,2-3,6-7,10H2. The molecule has 1 aliphatic rings. The van der Waals surface area contributed by atoms with Gasteiger partial charge in [-0.05, 0) is 30.9 Å². The summed E-state index contributed by atoms with van der Waals surface area (Å²) < 4.78 is 38.8. The van der Waals surface area contributed by atoms with E-state index in [2.05, 4.69) is 15.3 Å². The second-order valence-corrected chi connectivity index (χ2v) is 6.87. The van der Waals surface area contributed by atoms with Crippen molar-refractivity contribution in [2.45, 2.75) is 19.0 Å². The van der Waals surface area contributed by atoms with Crippen molar-refractivity contribution in [3.63, 3.8) is 0 Å². The quantitative estimate of drug-likeness (QED) is 0.576. The minimum absolute atomic E-state index is 0.0168. The number of nitro groups is 1. The van der Waals surface area contributed by atoms with Crippen LogP contribution in [0.5, 0.6) is 0 Å². The van der Waals surface area contributed by atoms with Gasteiger partial charge in [0.15, 0.2) is 0 Å². The molecule has 1 aliphatic heterocycles. The van der Waals surface area contributed by atoms with Crippen LogP contribution >= 0.6 is 11.6 Å². The number of aromatic nitrogens is 2. The average Bonchev–Trinajstić information content (AvgIpc) is 2.66. The second-order valence-electron chi connectivity index (χ2n) is 6.46. The van der Waals surface area contributed by atoms with Crippen molar-refractivity contribution in [1.82, 2.24) is 9.97 Å². The largest absolute Gasteiger partial charge is 0.418 e. The van der Waals surface area contributed by atoms with E-state index in [1.54, 1.807) is 18.5 Å². The van der Waals surface area contributed by atoms with E-state index in [-0.39, 0.29) is 11.6 Å². The number of hydrogen-bond donors (Lipinski definition) is 1. The van der Waals surface area contributed by atoms with Gasteiger partial charge in [0, 0.05) is 38.1 Å². The Hall–Kier alpha value is -2.62. The lowest BCUT2D eigenvalue weighted by Crippen LogP contribution is -2.36. The predicted octanol–water partition coefficient (Wildman–Crippen LogP) is 4.39. The zero-order valence-electron chi connectivity index (χ0n) is 14.6. The summed E-state index contributed by atoms with van der Waals surface area (Å²) in [7, 11) is 0. The topological polar surface area (TPSA) is 84.2 Å². The number of rotatable bonds is 5. The number of nitrogens with one attached hydrogen (secondary N) is 1. The van der Waals surface area contributed by atoms with Crippen molar-refractivity contribution in [2.24, 2.45) is 5.92 Å². The molecule has 3 rings (SSSR count). The summed E-state index contributed by atoms with van der Waals surface area (Å²) in [4.78, 5) is 20.8. The molecule has 2 heterocycles. The lowest BCUT2D eigenvalue weighted by atomic mass is 9.97. The van der Waals surface area contributed by atoms with Crippen LogP contribution in [0, 0.1) is 16.0 Å². The highest BCUT2D eigenvalue weighted by Crippen LogP contribution is 2.40. The van der Waals surface area contributed by atoms with Crippen molar-refractivity contribution in [1.29, 1.82) is 0 Å². The highest BCUT2D eigenvalue weighted by molar-refractivity contribution is 6.31. The molecule has 1 N–H and O–H groups in total. The summed E-state index contributed by atoms with van der Waals surface area (Å²) in [6.45, 7) is 1.85. The molecule has 0 spiro atoms. The number of piperidine rings is 1. The molecule has 0 atom stereocenters. The molecule has 0 bridgehead atoms. The highest BCUT2D eigenvalue weighted by Gasteiger charge is 2.36. The van der Waals surface area contributed by atoms with E-state index in [9.17, 15) is 23.3 Å². The minimum Gasteiger partial charge on any atom is -0.379 e. The van der Waals surface area contributed by atoms with Gasteiger partial charge in [0.1, 0.15) is 5.69 Å². The Morgan fingerprint density at radius 3 is 2.46 bits per heavy atom. The lowest BCUT2D eigenvalue weighted by molar-refractivity contribution is -0.384. The fourth-order valence-electron chi connectivity index (χ4n) is 3.12. The molecule has 0 saturated carbocycles. The molecule has 150 valence electrons. The highest BCUT2D eigenvalue weighted by atomic mass is 35.5. The van der Waals surface area contributed by atoms with Crippen molar-refractivity contribution in [3.8, 4) is 0 Å². The van der Waals surface area contributed by atoms with Crippen LogP contribution < -0.4 is 10.2 Å². The molecule has 0 radical (unpaired) electrons. The van der Waals surface area contributed by atoms with Gasteiger partial charge in [-0.2, -0.15) is 13.2 Å². The first-order chi connectivity index (χ1) is 13.3. The molecule has 11 heteroatoms. The average molecular weight is 416 g/mol. The number of anilines is 2. The molecular weight excluding hydrogens is 399 g/mol. The Balaban J connectivity index is 1.65. The maximum Gasteiger partial charge on any atom is 0.418 e.